The van der Waals surface area contributed by atoms with Gasteiger partial charge in [-0.2, -0.15) is 0 Å². The predicted octanol–water partition coefficient (Wildman–Crippen LogP) is 2.39. The molecular weight excluding hydrogens is 543 g/mol. The predicted molar refractivity (Wildman–Crippen MR) is 133 cm³/mol. The van der Waals surface area contributed by atoms with Gasteiger partial charge in [0.25, 0.3) is 5.91 Å². The molecule has 186 valence electrons. The minimum Gasteiger partial charge on any atom is -0.465 e. The van der Waals surface area contributed by atoms with E-state index in [1.165, 1.54) is 0 Å². The van der Waals surface area contributed by atoms with Crippen LogP contribution in [0.15, 0.2) is 24.3 Å². The molecule has 0 aromatic heterocycles. The highest BCUT2D eigenvalue weighted by atomic mass is 127. The van der Waals surface area contributed by atoms with E-state index in [0.29, 0.717) is 6.42 Å². The first-order chi connectivity index (χ1) is 15.1. The molecule has 1 aromatic carbocycles. The number of benzene rings is 1. The molecule has 0 saturated heterocycles. The van der Waals surface area contributed by atoms with Crippen LogP contribution in [-0.4, -0.2) is 58.6 Å². The zero-order valence-electron chi connectivity index (χ0n) is 19.9. The maximum Gasteiger partial charge on any atom is 0.407 e. The molecular formula is C22H35IN4O6. The number of carbonyl (C=O) groups excluding carboxylic acids is 2. The molecule has 0 heterocycles. The van der Waals surface area contributed by atoms with Gasteiger partial charge in [0.15, 0.2) is 0 Å². The van der Waals surface area contributed by atoms with E-state index in [2.05, 4.69) is 44.1 Å². The molecule has 0 fully saturated rings. The number of nitrogens with one attached hydrogen (secondary N) is 4. The lowest BCUT2D eigenvalue weighted by Crippen LogP contribution is -2.58. The van der Waals surface area contributed by atoms with Crippen molar-refractivity contribution in [2.24, 2.45) is 5.41 Å². The van der Waals surface area contributed by atoms with Crippen LogP contribution in [-0.2, 0) is 16.0 Å². The minimum atomic E-state index is -1.32. The Kier molecular flexibility index (Phi) is 10.8. The van der Waals surface area contributed by atoms with Crippen molar-refractivity contribution in [2.75, 3.05) is 6.54 Å². The second-order valence-corrected chi connectivity index (χ2v) is 11.0. The molecule has 0 radical (unpaired) electrons. The number of carbonyl (C=O) groups is 3. The van der Waals surface area contributed by atoms with Gasteiger partial charge in [-0.1, -0.05) is 32.9 Å². The molecule has 0 bridgehead atoms. The van der Waals surface area contributed by atoms with Crippen LogP contribution in [0, 0.1) is 8.99 Å². The summed E-state index contributed by atoms with van der Waals surface area (Å²) in [6.07, 6.45) is -2.74. The van der Waals surface area contributed by atoms with E-state index in [0.717, 1.165) is 9.13 Å². The zero-order chi connectivity index (χ0) is 25.4. The van der Waals surface area contributed by atoms with Crippen molar-refractivity contribution in [1.82, 2.24) is 21.5 Å². The Hall–Kier alpha value is -2.12. The summed E-state index contributed by atoms with van der Waals surface area (Å²) in [5, 5.41) is 24.6. The number of hydrazine groups is 1. The van der Waals surface area contributed by atoms with E-state index in [4.69, 9.17) is 9.84 Å². The lowest BCUT2D eigenvalue weighted by molar-refractivity contribution is -0.126. The third kappa shape index (κ3) is 11.5. The van der Waals surface area contributed by atoms with Gasteiger partial charge in [0.2, 0.25) is 0 Å². The number of rotatable bonds is 9. The summed E-state index contributed by atoms with van der Waals surface area (Å²) in [6, 6.07) is 5.93. The molecule has 0 aliphatic carbocycles. The van der Waals surface area contributed by atoms with Crippen LogP contribution in [0.5, 0.6) is 0 Å². The van der Waals surface area contributed by atoms with Gasteiger partial charge in [-0.25, -0.2) is 15.0 Å². The number of hydrogen-bond acceptors (Lipinski definition) is 6. The fourth-order valence-corrected chi connectivity index (χ4v) is 3.23. The zero-order valence-corrected chi connectivity index (χ0v) is 22.0. The van der Waals surface area contributed by atoms with E-state index < -0.39 is 47.3 Å². The summed E-state index contributed by atoms with van der Waals surface area (Å²) in [6.45, 7) is 10.3. The normalized spacial score (nSPS) is 14.5. The number of aliphatic hydroxyl groups excluding tert-OH is 1. The summed E-state index contributed by atoms with van der Waals surface area (Å²) in [7, 11) is 0. The summed E-state index contributed by atoms with van der Waals surface area (Å²) in [5.41, 5.74) is 4.58. The highest BCUT2D eigenvalue weighted by molar-refractivity contribution is 14.1. The highest BCUT2D eigenvalue weighted by Gasteiger charge is 2.33. The smallest absolute Gasteiger partial charge is 0.407 e. The van der Waals surface area contributed by atoms with Gasteiger partial charge < -0.3 is 25.6 Å². The van der Waals surface area contributed by atoms with E-state index >= 15 is 0 Å². The summed E-state index contributed by atoms with van der Waals surface area (Å²) >= 11 is 2.19. The average Bonchev–Trinajstić information content (AvgIpc) is 2.64. The van der Waals surface area contributed by atoms with Crippen molar-refractivity contribution < 1.29 is 29.3 Å². The fourth-order valence-electron chi connectivity index (χ4n) is 2.87. The number of amides is 3. The molecule has 3 amide bonds. The molecule has 1 rings (SSSR count). The largest absolute Gasteiger partial charge is 0.465 e. The molecule has 0 aliphatic heterocycles. The van der Waals surface area contributed by atoms with E-state index in [1.54, 1.807) is 41.5 Å². The first-order valence-electron chi connectivity index (χ1n) is 10.5. The Labute approximate surface area is 208 Å². The molecule has 0 unspecified atom stereocenters. The Balaban J connectivity index is 2.82. The van der Waals surface area contributed by atoms with Crippen molar-refractivity contribution >= 4 is 40.7 Å². The molecule has 10 nitrogen and oxygen atoms in total. The summed E-state index contributed by atoms with van der Waals surface area (Å²) in [5.74, 6) is -0.591. The van der Waals surface area contributed by atoms with Crippen LogP contribution in [0.1, 0.15) is 47.1 Å². The quantitative estimate of drug-likeness (QED) is 0.195. The van der Waals surface area contributed by atoms with Crippen LogP contribution in [0.25, 0.3) is 0 Å². The lowest BCUT2D eigenvalue weighted by atomic mass is 9.86. The van der Waals surface area contributed by atoms with E-state index in [9.17, 15) is 19.5 Å². The van der Waals surface area contributed by atoms with Gasteiger partial charge in [-0.15, -0.1) is 0 Å². The molecule has 0 saturated carbocycles. The van der Waals surface area contributed by atoms with Crippen LogP contribution < -0.4 is 21.5 Å². The van der Waals surface area contributed by atoms with Crippen molar-refractivity contribution in [1.29, 1.82) is 0 Å². The van der Waals surface area contributed by atoms with Crippen LogP contribution in [0.4, 0.5) is 9.59 Å². The topological polar surface area (TPSA) is 149 Å². The number of carboxylic acid groups (broad SMARTS) is 1. The van der Waals surface area contributed by atoms with Crippen molar-refractivity contribution in [2.45, 2.75) is 71.8 Å². The molecule has 3 atom stereocenters. The van der Waals surface area contributed by atoms with Gasteiger partial charge in [0, 0.05) is 10.1 Å². The van der Waals surface area contributed by atoms with Crippen molar-refractivity contribution in [3.05, 3.63) is 33.4 Å². The number of alkyl carbamates (subject to hydrolysis) is 1. The highest BCUT2D eigenvalue weighted by Crippen LogP contribution is 2.19. The summed E-state index contributed by atoms with van der Waals surface area (Å²) in [4.78, 5) is 35.8. The van der Waals surface area contributed by atoms with Gasteiger partial charge in [0.1, 0.15) is 11.6 Å². The first kappa shape index (κ1) is 28.9. The number of hydrogen-bond donors (Lipinski definition) is 6. The maximum atomic E-state index is 12.5. The van der Waals surface area contributed by atoms with Crippen LogP contribution in [0.2, 0.25) is 0 Å². The lowest BCUT2D eigenvalue weighted by Gasteiger charge is -2.30. The molecule has 11 heteroatoms. The SMILES string of the molecule is CC(C)(C)OC(=O)N[C@@H](Cc1ccc(I)cc1)[C@@H](O)CNNC(=O)[C@@H](NC(=O)O)C(C)(C)C. The Morgan fingerprint density at radius 1 is 1.03 bits per heavy atom. The third-order valence-electron chi connectivity index (χ3n) is 4.45. The standard InChI is InChI=1S/C22H35IN4O6/c1-21(2,3)17(26-19(30)31)18(29)27-24-12-16(28)15(25-20(32)33-22(4,5)6)11-13-7-9-14(23)10-8-13/h7-10,15-17,24,26,28H,11-12H2,1-6H3,(H,25,32)(H,27,29)(H,30,31)/t15-,16-,17+/m0/s1. The second-order valence-electron chi connectivity index (χ2n) is 9.77. The van der Waals surface area contributed by atoms with Crippen molar-refractivity contribution in [3.63, 3.8) is 0 Å². The molecule has 6 N–H and O–H groups in total. The number of aliphatic hydroxyl groups is 1. The first-order valence-corrected chi connectivity index (χ1v) is 11.6. The average molecular weight is 578 g/mol. The fraction of sp³-hybridized carbons (Fsp3) is 0.591. The number of ether oxygens (including phenoxy) is 1. The van der Waals surface area contributed by atoms with Gasteiger partial charge in [0.05, 0.1) is 12.1 Å². The minimum absolute atomic E-state index is 0.0967. The van der Waals surface area contributed by atoms with Gasteiger partial charge >= 0.3 is 12.2 Å². The van der Waals surface area contributed by atoms with E-state index in [-0.39, 0.29) is 6.54 Å². The molecule has 33 heavy (non-hydrogen) atoms. The Morgan fingerprint density at radius 2 is 1.61 bits per heavy atom. The maximum absolute atomic E-state index is 12.5. The van der Waals surface area contributed by atoms with Crippen LogP contribution in [0.3, 0.4) is 0 Å². The third-order valence-corrected chi connectivity index (χ3v) is 5.17. The second kappa shape index (κ2) is 12.4. The molecule has 0 aliphatic rings. The molecule has 1 aromatic rings. The Bertz CT molecular complexity index is 805. The number of halogens is 1. The Morgan fingerprint density at radius 3 is 2.09 bits per heavy atom. The molecule has 0 spiro atoms. The summed E-state index contributed by atoms with van der Waals surface area (Å²) < 4.78 is 6.36. The van der Waals surface area contributed by atoms with Crippen molar-refractivity contribution in [3.8, 4) is 0 Å². The monoisotopic (exact) mass is 578 g/mol. The van der Waals surface area contributed by atoms with Crippen LogP contribution >= 0.6 is 22.6 Å². The van der Waals surface area contributed by atoms with Gasteiger partial charge in [-0.05, 0) is 72.9 Å². The van der Waals surface area contributed by atoms with E-state index in [1.807, 2.05) is 24.3 Å². The van der Waals surface area contributed by atoms with Gasteiger partial charge in [-0.3, -0.25) is 10.2 Å².